The molecule has 1 fully saturated rings. The quantitative estimate of drug-likeness (QED) is 0.180. The number of urea groups is 1. The van der Waals surface area contributed by atoms with E-state index in [-0.39, 0.29) is 29.7 Å². The highest BCUT2D eigenvalue weighted by Gasteiger charge is 2.64. The Bertz CT molecular complexity index is 1300. The zero-order chi connectivity index (χ0) is 27.6. The molecular formula is C24H29N5O8. The average molecular weight is 516 g/mol. The van der Waals surface area contributed by atoms with E-state index in [9.17, 15) is 39.6 Å². The van der Waals surface area contributed by atoms with E-state index in [1.54, 1.807) is 13.0 Å². The molecule has 5 atom stereocenters. The molecule has 10 N–H and O–H groups in total. The standard InChI is InChI=1S/C24H29N5O8/c1-8(27-28-23(26)36)10-4-5-13(30)15-11(10)6-9-7-12-17(29(2)3)19(32)16(22(25)35)21(34)24(12,37)20(33)14(9)18(15)31/h4-5,8-9,12,17,27,30-31,34,37H,6-7H2,1-3H3,(H2,25,35)(H3,26,28,36)/t8?,9-,12-,17-,24-/m0/s1. The van der Waals surface area contributed by atoms with Crippen molar-refractivity contribution in [3.63, 3.8) is 0 Å². The van der Waals surface area contributed by atoms with Gasteiger partial charge in [-0.2, -0.15) is 0 Å². The molecule has 0 bridgehead atoms. The number of benzene rings is 1. The number of aliphatic hydroxyl groups excluding tert-OH is 2. The Labute approximate surface area is 211 Å². The molecule has 37 heavy (non-hydrogen) atoms. The number of nitrogens with zero attached hydrogens (tertiary/aromatic N) is 1. The Hall–Kier alpha value is -3.94. The van der Waals surface area contributed by atoms with Gasteiger partial charge in [-0.25, -0.2) is 10.2 Å². The SMILES string of the molecule is CC(NNC(N)=O)c1ccc(O)c2c1C[C@H]1C[C@H]3[C@H](N(C)C)C(=O)C(C(N)=O)=C(O)[C@@]3(O)C(=O)C1=C2O. The van der Waals surface area contributed by atoms with E-state index in [1.807, 2.05) is 0 Å². The maximum Gasteiger partial charge on any atom is 0.326 e. The summed E-state index contributed by atoms with van der Waals surface area (Å²) >= 11 is 0. The number of aliphatic hydroxyl groups is 3. The Morgan fingerprint density at radius 2 is 1.81 bits per heavy atom. The Morgan fingerprint density at radius 3 is 2.38 bits per heavy atom. The fraction of sp³-hybridized carbons (Fsp3) is 0.417. The molecule has 0 spiro atoms. The van der Waals surface area contributed by atoms with Gasteiger partial charge in [0, 0.05) is 17.5 Å². The summed E-state index contributed by atoms with van der Waals surface area (Å²) in [6, 6.07) is 0.391. The summed E-state index contributed by atoms with van der Waals surface area (Å²) in [5.74, 6) is -7.14. The molecule has 0 aromatic heterocycles. The number of phenolic OH excluding ortho intramolecular Hbond substituents is 1. The number of amides is 3. The van der Waals surface area contributed by atoms with Gasteiger partial charge in [-0.3, -0.25) is 24.7 Å². The van der Waals surface area contributed by atoms with Crippen LogP contribution in [0.25, 0.3) is 5.76 Å². The molecule has 1 saturated carbocycles. The van der Waals surface area contributed by atoms with Crippen LogP contribution in [-0.2, 0) is 20.8 Å². The molecule has 3 aliphatic carbocycles. The number of carbonyl (C=O) groups is 4. The summed E-state index contributed by atoms with van der Waals surface area (Å²) in [6.07, 6.45) is 0.100. The largest absolute Gasteiger partial charge is 0.508 e. The average Bonchev–Trinajstić information content (AvgIpc) is 2.79. The third-order valence-corrected chi connectivity index (χ3v) is 7.52. The first-order valence-electron chi connectivity index (χ1n) is 11.5. The van der Waals surface area contributed by atoms with Gasteiger partial charge in [-0.15, -0.1) is 0 Å². The van der Waals surface area contributed by atoms with Crippen molar-refractivity contribution >= 4 is 29.3 Å². The smallest absolute Gasteiger partial charge is 0.326 e. The molecule has 0 radical (unpaired) electrons. The summed E-state index contributed by atoms with van der Waals surface area (Å²) in [4.78, 5) is 51.5. The van der Waals surface area contributed by atoms with Gasteiger partial charge in [-0.1, -0.05) is 6.07 Å². The van der Waals surface area contributed by atoms with Crippen LogP contribution >= 0.6 is 0 Å². The molecule has 0 heterocycles. The maximum atomic E-state index is 13.8. The van der Waals surface area contributed by atoms with Gasteiger partial charge in [0.15, 0.2) is 11.4 Å². The highest BCUT2D eigenvalue weighted by atomic mass is 16.3. The second-order valence-electron chi connectivity index (χ2n) is 9.84. The van der Waals surface area contributed by atoms with Crippen LogP contribution in [0.2, 0.25) is 0 Å². The maximum absolute atomic E-state index is 13.8. The third-order valence-electron chi connectivity index (χ3n) is 7.52. The fourth-order valence-electron chi connectivity index (χ4n) is 5.93. The van der Waals surface area contributed by atoms with E-state index in [0.717, 1.165) is 0 Å². The predicted molar refractivity (Wildman–Crippen MR) is 129 cm³/mol. The van der Waals surface area contributed by atoms with E-state index < -0.39 is 70.1 Å². The molecule has 1 aromatic rings. The number of Topliss-reactive ketones (excluding diaryl/α,β-unsaturated/α-hetero) is 2. The van der Waals surface area contributed by atoms with Gasteiger partial charge in [0.25, 0.3) is 5.91 Å². The summed E-state index contributed by atoms with van der Waals surface area (Å²) < 4.78 is 0. The van der Waals surface area contributed by atoms with Crippen molar-refractivity contribution in [2.45, 2.75) is 37.5 Å². The highest BCUT2D eigenvalue weighted by Crippen LogP contribution is 2.53. The number of ketones is 2. The number of nitrogens with two attached hydrogens (primary N) is 2. The van der Waals surface area contributed by atoms with Crippen molar-refractivity contribution < 1.29 is 39.6 Å². The molecule has 1 unspecified atom stereocenters. The molecule has 198 valence electrons. The van der Waals surface area contributed by atoms with Gasteiger partial charge in [-0.05, 0) is 57.0 Å². The second kappa shape index (κ2) is 8.87. The third kappa shape index (κ3) is 3.74. The number of fused-ring (bicyclic) bond motifs is 3. The van der Waals surface area contributed by atoms with Crippen molar-refractivity contribution in [3.8, 4) is 5.75 Å². The second-order valence-corrected chi connectivity index (χ2v) is 9.84. The van der Waals surface area contributed by atoms with E-state index >= 15 is 0 Å². The zero-order valence-corrected chi connectivity index (χ0v) is 20.4. The van der Waals surface area contributed by atoms with Crippen LogP contribution in [0.5, 0.6) is 5.75 Å². The van der Waals surface area contributed by atoms with Crippen molar-refractivity contribution in [2.75, 3.05) is 14.1 Å². The number of primary amides is 2. The molecular weight excluding hydrogens is 486 g/mol. The van der Waals surface area contributed by atoms with Gasteiger partial charge in [0.1, 0.15) is 22.8 Å². The predicted octanol–water partition coefficient (Wildman–Crippen LogP) is -0.802. The fourth-order valence-corrected chi connectivity index (χ4v) is 5.93. The summed E-state index contributed by atoms with van der Waals surface area (Å²) in [7, 11) is 3.06. The van der Waals surface area contributed by atoms with Gasteiger partial charge >= 0.3 is 6.03 Å². The van der Waals surface area contributed by atoms with Gasteiger partial charge < -0.3 is 31.9 Å². The lowest BCUT2D eigenvalue weighted by Gasteiger charge is -2.50. The number of phenols is 1. The molecule has 3 amide bonds. The van der Waals surface area contributed by atoms with Crippen LogP contribution in [0, 0.1) is 11.8 Å². The van der Waals surface area contributed by atoms with E-state index in [0.29, 0.717) is 11.1 Å². The summed E-state index contributed by atoms with van der Waals surface area (Å²) in [6.45, 7) is 1.71. The highest BCUT2D eigenvalue weighted by molar-refractivity contribution is 6.24. The van der Waals surface area contributed by atoms with Crippen LogP contribution in [0.3, 0.4) is 0 Å². The van der Waals surface area contributed by atoms with Crippen molar-refractivity contribution in [1.82, 2.24) is 15.8 Å². The number of hydrogen-bond donors (Lipinski definition) is 8. The number of hydrazine groups is 1. The lowest BCUT2D eigenvalue weighted by Crippen LogP contribution is -2.65. The number of aromatic hydroxyl groups is 1. The summed E-state index contributed by atoms with van der Waals surface area (Å²) in [5, 5.41) is 44.3. The van der Waals surface area contributed by atoms with Crippen LogP contribution in [0.4, 0.5) is 4.79 Å². The number of hydrogen-bond acceptors (Lipinski definition) is 10. The Morgan fingerprint density at radius 1 is 1.16 bits per heavy atom. The molecule has 13 heteroatoms. The molecule has 0 aliphatic heterocycles. The monoisotopic (exact) mass is 515 g/mol. The molecule has 1 aromatic carbocycles. The van der Waals surface area contributed by atoms with Crippen molar-refractivity contribution in [2.24, 2.45) is 23.3 Å². The van der Waals surface area contributed by atoms with Crippen molar-refractivity contribution in [1.29, 1.82) is 0 Å². The number of likely N-dealkylation sites (N-methyl/N-ethyl adjacent to an activating group) is 1. The van der Waals surface area contributed by atoms with E-state index in [2.05, 4.69) is 10.9 Å². The lowest BCUT2D eigenvalue weighted by molar-refractivity contribution is -0.153. The van der Waals surface area contributed by atoms with Gasteiger partial charge in [0.05, 0.1) is 11.6 Å². The van der Waals surface area contributed by atoms with Crippen molar-refractivity contribution in [3.05, 3.63) is 45.7 Å². The summed E-state index contributed by atoms with van der Waals surface area (Å²) in [5.41, 5.74) is 12.7. The van der Waals surface area contributed by atoms with E-state index in [1.165, 1.54) is 25.1 Å². The molecule has 4 rings (SSSR count). The Kier molecular flexibility index (Phi) is 6.26. The minimum absolute atomic E-state index is 0.0256. The normalized spacial score (nSPS) is 28.0. The first kappa shape index (κ1) is 26.1. The van der Waals surface area contributed by atoms with E-state index in [4.69, 9.17) is 11.5 Å². The van der Waals surface area contributed by atoms with Crippen LogP contribution in [-0.4, -0.2) is 74.6 Å². The minimum Gasteiger partial charge on any atom is -0.508 e. The van der Waals surface area contributed by atoms with Crippen LogP contribution in [0.15, 0.2) is 29.0 Å². The zero-order valence-electron chi connectivity index (χ0n) is 20.4. The molecule has 0 saturated heterocycles. The van der Waals surface area contributed by atoms with Gasteiger partial charge in [0.2, 0.25) is 5.78 Å². The van der Waals surface area contributed by atoms with Crippen LogP contribution in [0.1, 0.15) is 36.1 Å². The lowest BCUT2D eigenvalue weighted by atomic mass is 9.57. The number of rotatable bonds is 5. The van der Waals surface area contributed by atoms with Crippen LogP contribution < -0.4 is 22.3 Å². The minimum atomic E-state index is -2.70. The first-order valence-corrected chi connectivity index (χ1v) is 11.5. The topological polar surface area (TPSA) is 229 Å². The number of carbonyl (C=O) groups excluding carboxylic acids is 4. The number of nitrogens with one attached hydrogen (secondary N) is 2. The molecule has 3 aliphatic rings. The Balaban J connectivity index is 1.91. The molecule has 13 nitrogen and oxygen atoms in total. The first-order chi connectivity index (χ1) is 17.2.